The molecule has 2 saturated heterocycles. The maximum Gasteiger partial charge on any atom is 0.251 e. The molecule has 2 heterocycles. The first-order valence-corrected chi connectivity index (χ1v) is 11.2. The maximum absolute atomic E-state index is 12.9. The zero-order valence-electron chi connectivity index (χ0n) is 17.3. The molecule has 1 N–H and O–H groups in total. The van der Waals surface area contributed by atoms with E-state index in [2.05, 4.69) is 34.5 Å². The molecule has 0 spiro atoms. The first kappa shape index (κ1) is 19.3. The van der Waals surface area contributed by atoms with Crippen LogP contribution < -0.4 is 10.2 Å². The highest BCUT2D eigenvalue weighted by atomic mass is 16.2. The molecule has 5 rings (SSSR count). The predicted octanol–water partition coefficient (Wildman–Crippen LogP) is 3.18. The Balaban J connectivity index is 1.22. The Kier molecular flexibility index (Phi) is 5.30. The van der Waals surface area contributed by atoms with Gasteiger partial charge in [0.25, 0.3) is 5.91 Å². The third kappa shape index (κ3) is 3.86. The van der Waals surface area contributed by atoms with Crippen LogP contribution in [0.2, 0.25) is 0 Å². The highest BCUT2D eigenvalue weighted by molar-refractivity contribution is 5.99. The van der Waals surface area contributed by atoms with E-state index in [1.165, 1.54) is 11.1 Å². The van der Waals surface area contributed by atoms with Crippen LogP contribution in [0.5, 0.6) is 0 Å². The average Bonchev–Trinajstić information content (AvgIpc) is 3.40. The van der Waals surface area contributed by atoms with Crippen LogP contribution in [0.25, 0.3) is 0 Å². The Labute approximate surface area is 178 Å². The van der Waals surface area contributed by atoms with E-state index in [0.717, 1.165) is 57.4 Å². The van der Waals surface area contributed by atoms with E-state index in [0.29, 0.717) is 18.0 Å². The lowest BCUT2D eigenvalue weighted by Gasteiger charge is -2.37. The lowest BCUT2D eigenvalue weighted by Crippen LogP contribution is -2.51. The van der Waals surface area contributed by atoms with Crippen LogP contribution in [0.1, 0.15) is 47.2 Å². The minimum absolute atomic E-state index is 0.0370. The summed E-state index contributed by atoms with van der Waals surface area (Å²) in [6, 6.07) is 17.0. The van der Waals surface area contributed by atoms with Gasteiger partial charge in [0.15, 0.2) is 0 Å². The van der Waals surface area contributed by atoms with Gasteiger partial charge in [0, 0.05) is 42.8 Å². The summed E-state index contributed by atoms with van der Waals surface area (Å²) in [6.45, 7) is 2.76. The minimum Gasteiger partial charge on any atom is -0.348 e. The summed E-state index contributed by atoms with van der Waals surface area (Å²) < 4.78 is 0. The van der Waals surface area contributed by atoms with Crippen molar-refractivity contribution >= 4 is 17.5 Å². The summed E-state index contributed by atoms with van der Waals surface area (Å²) in [5.74, 6) is 0.109. The quantitative estimate of drug-likeness (QED) is 0.853. The van der Waals surface area contributed by atoms with Gasteiger partial charge in [-0.05, 0) is 68.0 Å². The van der Waals surface area contributed by atoms with Crippen molar-refractivity contribution in [1.82, 2.24) is 10.2 Å². The number of nitrogens with zero attached hydrogens (tertiary/aromatic N) is 2. The van der Waals surface area contributed by atoms with E-state index >= 15 is 0 Å². The van der Waals surface area contributed by atoms with Gasteiger partial charge >= 0.3 is 0 Å². The molecule has 2 amide bonds. The Morgan fingerprint density at radius 3 is 2.50 bits per heavy atom. The lowest BCUT2D eigenvalue weighted by molar-refractivity contribution is -0.117. The zero-order valence-corrected chi connectivity index (χ0v) is 17.3. The van der Waals surface area contributed by atoms with E-state index in [-0.39, 0.29) is 17.9 Å². The van der Waals surface area contributed by atoms with Crippen molar-refractivity contribution in [2.45, 2.75) is 50.6 Å². The molecule has 0 radical (unpaired) electrons. The number of nitrogens with one attached hydrogen (secondary N) is 1. The molecule has 1 atom stereocenters. The number of hydrogen-bond acceptors (Lipinski definition) is 3. The van der Waals surface area contributed by atoms with Gasteiger partial charge in [0.05, 0.1) is 0 Å². The van der Waals surface area contributed by atoms with E-state index in [9.17, 15) is 9.59 Å². The highest BCUT2D eigenvalue weighted by Gasteiger charge is 2.31. The van der Waals surface area contributed by atoms with Gasteiger partial charge in [-0.15, -0.1) is 0 Å². The van der Waals surface area contributed by atoms with Crippen LogP contribution in [0.4, 0.5) is 5.69 Å². The van der Waals surface area contributed by atoms with Crippen molar-refractivity contribution in [2.75, 3.05) is 24.5 Å². The van der Waals surface area contributed by atoms with Gasteiger partial charge in [-0.2, -0.15) is 0 Å². The number of hydrogen-bond donors (Lipinski definition) is 1. The summed E-state index contributed by atoms with van der Waals surface area (Å²) in [7, 11) is 0. The summed E-state index contributed by atoms with van der Waals surface area (Å²) in [4.78, 5) is 29.3. The second-order valence-electron chi connectivity index (χ2n) is 8.84. The first-order valence-electron chi connectivity index (χ1n) is 11.2. The van der Waals surface area contributed by atoms with E-state index < -0.39 is 0 Å². The molecule has 1 aliphatic carbocycles. The fourth-order valence-corrected chi connectivity index (χ4v) is 5.25. The molecule has 5 heteroatoms. The van der Waals surface area contributed by atoms with Gasteiger partial charge in [-0.3, -0.25) is 14.5 Å². The number of anilines is 1. The summed E-state index contributed by atoms with van der Waals surface area (Å²) in [6.07, 6.45) is 5.84. The largest absolute Gasteiger partial charge is 0.348 e. The van der Waals surface area contributed by atoms with Gasteiger partial charge < -0.3 is 10.2 Å². The SMILES string of the molecule is O=C(N[C@@H]1CCCN(C2Cc3ccccc3C2)C1)c1cccc(N2CCCC2=O)c1. The Morgan fingerprint density at radius 2 is 1.77 bits per heavy atom. The number of carbonyl (C=O) groups excluding carboxylic acids is 2. The fraction of sp³-hybridized carbons (Fsp3) is 0.440. The van der Waals surface area contributed by atoms with Crippen molar-refractivity contribution in [3.05, 3.63) is 65.2 Å². The smallest absolute Gasteiger partial charge is 0.251 e. The first-order chi connectivity index (χ1) is 14.7. The standard InChI is InChI=1S/C25H29N3O2/c29-24-11-5-13-28(24)22-10-3-8-20(16-22)25(30)26-21-9-4-12-27(17-21)23-14-18-6-1-2-7-19(18)15-23/h1-3,6-8,10,16,21,23H,4-5,9,11-15,17H2,(H,26,30)/t21-/m1/s1. The van der Waals surface area contributed by atoms with Gasteiger partial charge in [0.2, 0.25) is 5.91 Å². The number of benzene rings is 2. The molecule has 2 aromatic rings. The van der Waals surface area contributed by atoms with Crippen LogP contribution in [-0.4, -0.2) is 48.4 Å². The van der Waals surface area contributed by atoms with E-state index in [4.69, 9.17) is 0 Å². The molecular weight excluding hydrogens is 374 g/mol. The van der Waals surface area contributed by atoms with E-state index in [1.807, 2.05) is 24.3 Å². The van der Waals surface area contributed by atoms with Crippen molar-refractivity contribution in [3.8, 4) is 0 Å². The molecule has 0 bridgehead atoms. The molecule has 0 saturated carbocycles. The number of likely N-dealkylation sites (tertiary alicyclic amines) is 1. The Hall–Kier alpha value is -2.66. The van der Waals surface area contributed by atoms with Crippen LogP contribution in [0, 0.1) is 0 Å². The summed E-state index contributed by atoms with van der Waals surface area (Å²) >= 11 is 0. The lowest BCUT2D eigenvalue weighted by atomic mass is 10.0. The summed E-state index contributed by atoms with van der Waals surface area (Å²) in [5, 5.41) is 3.25. The van der Waals surface area contributed by atoms with Crippen molar-refractivity contribution < 1.29 is 9.59 Å². The minimum atomic E-state index is -0.0370. The van der Waals surface area contributed by atoms with Crippen LogP contribution in [0.15, 0.2) is 48.5 Å². The summed E-state index contributed by atoms with van der Waals surface area (Å²) in [5.41, 5.74) is 4.42. The number of fused-ring (bicyclic) bond motifs is 1. The predicted molar refractivity (Wildman–Crippen MR) is 118 cm³/mol. The molecule has 2 aromatic carbocycles. The second kappa shape index (κ2) is 8.23. The third-order valence-corrected chi connectivity index (χ3v) is 6.83. The number of piperidine rings is 1. The van der Waals surface area contributed by atoms with Gasteiger partial charge in [0.1, 0.15) is 0 Å². The third-order valence-electron chi connectivity index (χ3n) is 6.83. The Morgan fingerprint density at radius 1 is 0.967 bits per heavy atom. The van der Waals surface area contributed by atoms with Crippen LogP contribution in [0.3, 0.4) is 0 Å². The molecule has 3 aliphatic rings. The fourth-order valence-electron chi connectivity index (χ4n) is 5.25. The highest BCUT2D eigenvalue weighted by Crippen LogP contribution is 2.28. The maximum atomic E-state index is 12.9. The molecule has 30 heavy (non-hydrogen) atoms. The van der Waals surface area contributed by atoms with Gasteiger partial charge in [-0.25, -0.2) is 0 Å². The topological polar surface area (TPSA) is 52.7 Å². The molecule has 2 fully saturated rings. The molecule has 2 aliphatic heterocycles. The number of carbonyl (C=O) groups is 2. The monoisotopic (exact) mass is 403 g/mol. The van der Waals surface area contributed by atoms with E-state index in [1.54, 1.807) is 4.90 Å². The van der Waals surface area contributed by atoms with Crippen LogP contribution in [-0.2, 0) is 17.6 Å². The number of rotatable bonds is 4. The second-order valence-corrected chi connectivity index (χ2v) is 8.84. The Bertz CT molecular complexity index is 932. The molecule has 5 nitrogen and oxygen atoms in total. The molecular formula is C25H29N3O2. The van der Waals surface area contributed by atoms with Crippen molar-refractivity contribution in [2.24, 2.45) is 0 Å². The van der Waals surface area contributed by atoms with Gasteiger partial charge in [-0.1, -0.05) is 30.3 Å². The molecule has 0 unspecified atom stereocenters. The zero-order chi connectivity index (χ0) is 20.5. The normalized spacial score (nSPS) is 22.3. The van der Waals surface area contributed by atoms with Crippen LogP contribution >= 0.6 is 0 Å². The number of amides is 2. The van der Waals surface area contributed by atoms with Crippen molar-refractivity contribution in [1.29, 1.82) is 0 Å². The molecule has 0 aromatic heterocycles. The average molecular weight is 404 g/mol. The molecule has 156 valence electrons. The van der Waals surface area contributed by atoms with Crippen molar-refractivity contribution in [3.63, 3.8) is 0 Å².